The van der Waals surface area contributed by atoms with Gasteiger partial charge in [-0.05, 0) is 24.3 Å². The lowest BCUT2D eigenvalue weighted by Gasteiger charge is -2.02. The lowest BCUT2D eigenvalue weighted by atomic mass is 10.2. The monoisotopic (exact) mass is 352 g/mol. The van der Waals surface area contributed by atoms with Crippen LogP contribution < -0.4 is 15.7 Å². The molecule has 2 aromatic carbocycles. The molecule has 0 saturated heterocycles. The van der Waals surface area contributed by atoms with Crippen molar-refractivity contribution in [3.8, 4) is 5.75 Å². The summed E-state index contributed by atoms with van der Waals surface area (Å²) in [5, 5.41) is 3.72. The highest BCUT2D eigenvalue weighted by Crippen LogP contribution is 2.32. The highest BCUT2D eigenvalue weighted by Gasteiger charge is 2.16. The summed E-state index contributed by atoms with van der Waals surface area (Å²) in [5.41, 5.74) is 0.351. The topological polar surface area (TPSA) is 81.4 Å². The van der Waals surface area contributed by atoms with Gasteiger partial charge in [0.2, 0.25) is 0 Å². The number of hydrogen-bond acceptors (Lipinski definition) is 6. The standard InChI is InChI=1S/C18H12N2O4S/c1-23-13-7-4-8-14-15(13)19-18(25-14)20-16(21)11-9-10-5-2-3-6-12(10)24-17(11)22/h2-9H,1H3,(H,19,20,21). The van der Waals surface area contributed by atoms with E-state index in [0.29, 0.717) is 27.4 Å². The number of aromatic nitrogens is 1. The number of amides is 1. The first kappa shape index (κ1) is 15.3. The number of nitrogens with zero attached hydrogens (tertiary/aromatic N) is 1. The van der Waals surface area contributed by atoms with Crippen LogP contribution in [0.3, 0.4) is 0 Å². The Kier molecular flexibility index (Phi) is 3.70. The first-order valence-corrected chi connectivity index (χ1v) is 8.25. The third-order valence-corrected chi connectivity index (χ3v) is 4.64. The Morgan fingerprint density at radius 2 is 2.04 bits per heavy atom. The third kappa shape index (κ3) is 2.74. The second kappa shape index (κ2) is 6.03. The summed E-state index contributed by atoms with van der Waals surface area (Å²) in [6.45, 7) is 0. The number of para-hydroxylation sites is 2. The maximum Gasteiger partial charge on any atom is 0.349 e. The Morgan fingerprint density at radius 3 is 2.88 bits per heavy atom. The van der Waals surface area contributed by atoms with Crippen LogP contribution in [0.25, 0.3) is 21.2 Å². The minimum Gasteiger partial charge on any atom is -0.494 e. The molecule has 0 fully saturated rings. The van der Waals surface area contributed by atoms with Crippen LogP contribution in [-0.2, 0) is 0 Å². The third-order valence-electron chi connectivity index (χ3n) is 3.71. The molecule has 2 aromatic heterocycles. The van der Waals surface area contributed by atoms with E-state index in [-0.39, 0.29) is 5.56 Å². The minimum absolute atomic E-state index is 0.0649. The van der Waals surface area contributed by atoms with Gasteiger partial charge in [-0.3, -0.25) is 10.1 Å². The minimum atomic E-state index is -0.685. The number of benzene rings is 2. The Balaban J connectivity index is 1.70. The molecule has 0 aliphatic rings. The molecule has 4 rings (SSSR count). The molecule has 0 aliphatic heterocycles. The zero-order valence-corrected chi connectivity index (χ0v) is 13.9. The van der Waals surface area contributed by atoms with Gasteiger partial charge in [0.05, 0.1) is 11.8 Å². The second-order valence-corrected chi connectivity index (χ2v) is 6.30. The first-order chi connectivity index (χ1) is 12.2. The van der Waals surface area contributed by atoms with Crippen molar-refractivity contribution in [1.82, 2.24) is 4.98 Å². The Hall–Kier alpha value is -3.19. The number of carbonyl (C=O) groups is 1. The fourth-order valence-electron chi connectivity index (χ4n) is 2.53. The van der Waals surface area contributed by atoms with Gasteiger partial charge in [-0.25, -0.2) is 9.78 Å². The molecule has 0 saturated carbocycles. The van der Waals surface area contributed by atoms with Crippen LogP contribution in [0, 0.1) is 0 Å². The van der Waals surface area contributed by atoms with E-state index in [1.165, 1.54) is 17.4 Å². The highest BCUT2D eigenvalue weighted by atomic mass is 32.1. The van der Waals surface area contributed by atoms with Crippen LogP contribution in [0.5, 0.6) is 5.75 Å². The van der Waals surface area contributed by atoms with Crippen LogP contribution >= 0.6 is 11.3 Å². The highest BCUT2D eigenvalue weighted by molar-refractivity contribution is 7.22. The number of thiazole rings is 1. The number of fused-ring (bicyclic) bond motifs is 2. The first-order valence-electron chi connectivity index (χ1n) is 7.43. The van der Waals surface area contributed by atoms with Crippen LogP contribution in [0.15, 0.2) is 57.7 Å². The molecule has 124 valence electrons. The summed E-state index contributed by atoms with van der Waals surface area (Å²) in [6.07, 6.45) is 0. The van der Waals surface area contributed by atoms with Gasteiger partial charge in [-0.1, -0.05) is 35.6 Å². The number of ether oxygens (including phenoxy) is 1. The summed E-state index contributed by atoms with van der Waals surface area (Å²) in [6, 6.07) is 14.1. The number of carbonyl (C=O) groups excluding carboxylic acids is 1. The zero-order valence-electron chi connectivity index (χ0n) is 13.1. The van der Waals surface area contributed by atoms with Crippen molar-refractivity contribution < 1.29 is 13.9 Å². The molecule has 0 bridgehead atoms. The van der Waals surface area contributed by atoms with Crippen LogP contribution in [-0.4, -0.2) is 18.0 Å². The Labute approximate surface area is 145 Å². The van der Waals surface area contributed by atoms with Crippen LogP contribution in [0.4, 0.5) is 5.13 Å². The van der Waals surface area contributed by atoms with Crippen molar-refractivity contribution in [2.45, 2.75) is 0 Å². The summed E-state index contributed by atoms with van der Waals surface area (Å²) in [4.78, 5) is 28.9. The van der Waals surface area contributed by atoms with Gasteiger partial charge in [-0.2, -0.15) is 0 Å². The van der Waals surface area contributed by atoms with E-state index >= 15 is 0 Å². The second-order valence-electron chi connectivity index (χ2n) is 5.27. The Bertz CT molecular complexity index is 1160. The molecule has 0 spiro atoms. The molecule has 1 N–H and O–H groups in total. The molecule has 0 aliphatic carbocycles. The van der Waals surface area contributed by atoms with Crippen LogP contribution in [0.2, 0.25) is 0 Å². The van der Waals surface area contributed by atoms with Gasteiger partial charge >= 0.3 is 5.63 Å². The van der Waals surface area contributed by atoms with Gasteiger partial charge in [0.25, 0.3) is 5.91 Å². The number of nitrogens with one attached hydrogen (secondary N) is 1. The van der Waals surface area contributed by atoms with Gasteiger partial charge < -0.3 is 9.15 Å². The molecule has 6 nitrogen and oxygen atoms in total. The van der Waals surface area contributed by atoms with E-state index in [4.69, 9.17) is 9.15 Å². The lowest BCUT2D eigenvalue weighted by Crippen LogP contribution is -2.20. The quantitative estimate of drug-likeness (QED) is 0.569. The van der Waals surface area contributed by atoms with Crippen molar-refractivity contribution in [3.63, 3.8) is 0 Å². The van der Waals surface area contributed by atoms with Gasteiger partial charge in [0, 0.05) is 5.39 Å². The molecular weight excluding hydrogens is 340 g/mol. The zero-order chi connectivity index (χ0) is 17.4. The van der Waals surface area contributed by atoms with E-state index in [1.807, 2.05) is 18.2 Å². The van der Waals surface area contributed by atoms with E-state index in [2.05, 4.69) is 10.3 Å². The smallest absolute Gasteiger partial charge is 0.349 e. The molecule has 0 atom stereocenters. The normalized spacial score (nSPS) is 10.9. The van der Waals surface area contributed by atoms with Crippen molar-refractivity contribution in [2.75, 3.05) is 12.4 Å². The lowest BCUT2D eigenvalue weighted by molar-refractivity contribution is 0.102. The average Bonchev–Trinajstić information content (AvgIpc) is 3.03. The molecule has 2 heterocycles. The summed E-state index contributed by atoms with van der Waals surface area (Å²) >= 11 is 1.30. The van der Waals surface area contributed by atoms with Crippen molar-refractivity contribution in [3.05, 3.63) is 64.5 Å². The fourth-order valence-corrected chi connectivity index (χ4v) is 3.40. The number of methoxy groups -OCH3 is 1. The number of hydrogen-bond donors (Lipinski definition) is 1. The largest absolute Gasteiger partial charge is 0.494 e. The van der Waals surface area contributed by atoms with Gasteiger partial charge in [0.15, 0.2) is 5.13 Å². The van der Waals surface area contributed by atoms with E-state index < -0.39 is 11.5 Å². The van der Waals surface area contributed by atoms with Crippen molar-refractivity contribution in [1.29, 1.82) is 0 Å². The number of rotatable bonds is 3. The maximum atomic E-state index is 12.5. The summed E-state index contributed by atoms with van der Waals surface area (Å²) < 4.78 is 11.3. The number of anilines is 1. The molecule has 25 heavy (non-hydrogen) atoms. The van der Waals surface area contributed by atoms with E-state index in [0.717, 1.165) is 4.70 Å². The van der Waals surface area contributed by atoms with E-state index in [1.54, 1.807) is 31.4 Å². The predicted molar refractivity (Wildman–Crippen MR) is 96.6 cm³/mol. The molecular formula is C18H12N2O4S. The average molecular weight is 352 g/mol. The molecule has 4 aromatic rings. The molecule has 1 amide bonds. The van der Waals surface area contributed by atoms with E-state index in [9.17, 15) is 9.59 Å². The van der Waals surface area contributed by atoms with Gasteiger partial charge in [-0.15, -0.1) is 0 Å². The summed E-state index contributed by atoms with van der Waals surface area (Å²) in [7, 11) is 1.56. The SMILES string of the molecule is COc1cccc2sc(NC(=O)c3cc4ccccc4oc3=O)nc12. The predicted octanol–water partition coefficient (Wildman–Crippen LogP) is 3.66. The molecule has 0 unspecified atom stereocenters. The fraction of sp³-hybridized carbons (Fsp3) is 0.0556. The summed E-state index contributed by atoms with van der Waals surface area (Å²) in [5.74, 6) is 0.0667. The van der Waals surface area contributed by atoms with Crippen molar-refractivity contribution >= 4 is 43.6 Å². The Morgan fingerprint density at radius 1 is 1.20 bits per heavy atom. The van der Waals surface area contributed by atoms with Crippen LogP contribution in [0.1, 0.15) is 10.4 Å². The molecule has 7 heteroatoms. The van der Waals surface area contributed by atoms with Gasteiger partial charge in [0.1, 0.15) is 22.4 Å². The molecule has 0 radical (unpaired) electrons. The van der Waals surface area contributed by atoms with Crippen molar-refractivity contribution in [2.24, 2.45) is 0 Å². The maximum absolute atomic E-state index is 12.5.